The van der Waals surface area contributed by atoms with Gasteiger partial charge in [-0.1, -0.05) is 19.1 Å². The van der Waals surface area contributed by atoms with Crippen LogP contribution in [0.4, 0.5) is 5.69 Å². The minimum atomic E-state index is 0.0221. The van der Waals surface area contributed by atoms with Gasteiger partial charge in [-0.3, -0.25) is 4.79 Å². The van der Waals surface area contributed by atoms with E-state index in [4.69, 9.17) is 12.2 Å². The third-order valence-electron chi connectivity index (χ3n) is 2.60. The molecule has 0 radical (unpaired) electrons. The number of carbonyl (C=O) groups is 1. The molecule has 0 atom stereocenters. The molecule has 2 N–H and O–H groups in total. The van der Waals surface area contributed by atoms with Crippen LogP contribution in [0.3, 0.4) is 0 Å². The fourth-order valence-electron chi connectivity index (χ4n) is 1.65. The van der Waals surface area contributed by atoms with Crippen LogP contribution in [-0.4, -0.2) is 10.9 Å². The largest absolute Gasteiger partial charge is 0.337 e. The molecule has 1 aromatic carbocycles. The Labute approximate surface area is 115 Å². The van der Waals surface area contributed by atoms with Gasteiger partial charge in [0, 0.05) is 17.0 Å². The molecule has 0 fully saturated rings. The van der Waals surface area contributed by atoms with Gasteiger partial charge in [0.25, 0.3) is 0 Å². The molecule has 5 heteroatoms. The second kappa shape index (κ2) is 5.46. The summed E-state index contributed by atoms with van der Waals surface area (Å²) in [6.45, 7) is 3.87. The van der Waals surface area contributed by atoms with Crippen molar-refractivity contribution in [3.63, 3.8) is 0 Å². The maximum absolute atomic E-state index is 11.3. The number of aromatic amines is 1. The molecule has 0 aliphatic rings. The summed E-state index contributed by atoms with van der Waals surface area (Å²) in [5.41, 5.74) is 2.95. The van der Waals surface area contributed by atoms with Gasteiger partial charge in [0.15, 0.2) is 3.95 Å². The van der Waals surface area contributed by atoms with Crippen LogP contribution in [0.25, 0.3) is 11.3 Å². The number of thiazole rings is 1. The van der Waals surface area contributed by atoms with Gasteiger partial charge in [0.1, 0.15) is 0 Å². The van der Waals surface area contributed by atoms with E-state index < -0.39 is 0 Å². The van der Waals surface area contributed by atoms with Crippen molar-refractivity contribution in [1.82, 2.24) is 4.98 Å². The first-order valence-corrected chi connectivity index (χ1v) is 6.92. The first-order valence-electron chi connectivity index (χ1n) is 5.70. The Hall–Kier alpha value is -1.46. The molecule has 0 aliphatic carbocycles. The summed E-state index contributed by atoms with van der Waals surface area (Å²) in [6, 6.07) is 7.75. The lowest BCUT2D eigenvalue weighted by Gasteiger charge is -2.05. The molecule has 1 heterocycles. The Balaban J connectivity index is 2.25. The number of hydrogen-bond donors (Lipinski definition) is 2. The SMILES string of the molecule is CCC(=O)Nc1ccc(-c2[nH]c(=S)sc2C)cc1. The van der Waals surface area contributed by atoms with E-state index in [1.807, 2.05) is 38.1 Å². The molecular formula is C13H14N2OS2. The fraction of sp³-hybridized carbons (Fsp3) is 0.231. The number of aromatic nitrogens is 1. The Morgan fingerprint density at radius 3 is 2.56 bits per heavy atom. The maximum atomic E-state index is 11.3. The summed E-state index contributed by atoms with van der Waals surface area (Å²) >= 11 is 6.70. The first kappa shape index (κ1) is 13.0. The van der Waals surface area contributed by atoms with Crippen LogP contribution in [0.2, 0.25) is 0 Å². The van der Waals surface area contributed by atoms with Crippen LogP contribution in [0.1, 0.15) is 18.2 Å². The predicted molar refractivity (Wildman–Crippen MR) is 78.6 cm³/mol. The number of nitrogens with one attached hydrogen (secondary N) is 2. The highest BCUT2D eigenvalue weighted by Gasteiger charge is 2.05. The molecule has 1 amide bonds. The molecular weight excluding hydrogens is 264 g/mol. The molecule has 0 saturated heterocycles. The summed E-state index contributed by atoms with van der Waals surface area (Å²) in [6.07, 6.45) is 0.485. The van der Waals surface area contributed by atoms with Crippen molar-refractivity contribution in [1.29, 1.82) is 0 Å². The molecule has 2 rings (SSSR count). The molecule has 0 saturated carbocycles. The van der Waals surface area contributed by atoms with Gasteiger partial charge in [-0.15, -0.1) is 11.3 Å². The number of anilines is 1. The molecule has 2 aromatic rings. The van der Waals surface area contributed by atoms with Crippen molar-refractivity contribution >= 4 is 35.1 Å². The quantitative estimate of drug-likeness (QED) is 0.829. The van der Waals surface area contributed by atoms with Crippen LogP contribution in [0, 0.1) is 10.9 Å². The standard InChI is InChI=1S/C13H14N2OS2/c1-3-11(16)14-10-6-4-9(5-7-10)12-8(2)18-13(17)15-12/h4-7H,3H2,1-2H3,(H,14,16)(H,15,17). The van der Waals surface area contributed by atoms with E-state index in [1.165, 1.54) is 4.88 Å². The van der Waals surface area contributed by atoms with Crippen molar-refractivity contribution in [2.75, 3.05) is 5.32 Å². The lowest BCUT2D eigenvalue weighted by atomic mass is 10.1. The molecule has 0 unspecified atom stereocenters. The highest BCUT2D eigenvalue weighted by atomic mass is 32.1. The summed E-state index contributed by atoms with van der Waals surface area (Å²) < 4.78 is 0.783. The molecule has 94 valence electrons. The average molecular weight is 278 g/mol. The summed E-state index contributed by atoms with van der Waals surface area (Å²) in [7, 11) is 0. The molecule has 0 spiro atoms. The van der Waals surface area contributed by atoms with E-state index >= 15 is 0 Å². The second-order valence-corrected chi connectivity index (χ2v) is 5.82. The summed E-state index contributed by atoms with van der Waals surface area (Å²) in [5.74, 6) is 0.0221. The third kappa shape index (κ3) is 2.86. The predicted octanol–water partition coefficient (Wildman–Crippen LogP) is 4.13. The zero-order valence-electron chi connectivity index (χ0n) is 10.2. The lowest BCUT2D eigenvalue weighted by Crippen LogP contribution is -2.09. The molecule has 18 heavy (non-hydrogen) atoms. The van der Waals surface area contributed by atoms with Crippen molar-refractivity contribution in [2.24, 2.45) is 0 Å². The summed E-state index contributed by atoms with van der Waals surface area (Å²) in [4.78, 5) is 15.6. The monoisotopic (exact) mass is 278 g/mol. The fourth-order valence-corrected chi connectivity index (χ4v) is 2.83. The third-order valence-corrected chi connectivity index (χ3v) is 3.75. The maximum Gasteiger partial charge on any atom is 0.224 e. The van der Waals surface area contributed by atoms with Crippen LogP contribution in [0.5, 0.6) is 0 Å². The van der Waals surface area contributed by atoms with Crippen LogP contribution in [0.15, 0.2) is 24.3 Å². The van der Waals surface area contributed by atoms with Crippen molar-refractivity contribution < 1.29 is 4.79 Å². The minimum absolute atomic E-state index is 0.0221. The normalized spacial score (nSPS) is 10.3. The van der Waals surface area contributed by atoms with Crippen molar-refractivity contribution in [2.45, 2.75) is 20.3 Å². The topological polar surface area (TPSA) is 44.9 Å². The number of hydrogen-bond acceptors (Lipinski definition) is 3. The van der Waals surface area contributed by atoms with Crippen LogP contribution < -0.4 is 5.32 Å². The Morgan fingerprint density at radius 2 is 2.06 bits per heavy atom. The minimum Gasteiger partial charge on any atom is -0.337 e. The lowest BCUT2D eigenvalue weighted by molar-refractivity contribution is -0.115. The molecule has 0 aliphatic heterocycles. The zero-order valence-corrected chi connectivity index (χ0v) is 11.9. The van der Waals surface area contributed by atoms with Gasteiger partial charge in [-0.2, -0.15) is 0 Å². The number of rotatable bonds is 3. The smallest absolute Gasteiger partial charge is 0.224 e. The highest BCUT2D eigenvalue weighted by molar-refractivity contribution is 7.73. The molecule has 3 nitrogen and oxygen atoms in total. The van der Waals surface area contributed by atoms with Gasteiger partial charge >= 0.3 is 0 Å². The summed E-state index contributed by atoms with van der Waals surface area (Å²) in [5, 5.41) is 2.82. The molecule has 1 aromatic heterocycles. The Kier molecular flexibility index (Phi) is 3.93. The van der Waals surface area contributed by atoms with Crippen LogP contribution >= 0.6 is 23.6 Å². The Morgan fingerprint density at radius 1 is 1.39 bits per heavy atom. The van der Waals surface area contributed by atoms with E-state index in [0.717, 1.165) is 20.9 Å². The van der Waals surface area contributed by atoms with E-state index in [9.17, 15) is 4.79 Å². The number of amides is 1. The first-order chi connectivity index (χ1) is 8.60. The second-order valence-electron chi connectivity index (χ2n) is 3.92. The Bertz CT molecular complexity index is 611. The van der Waals surface area contributed by atoms with E-state index in [2.05, 4.69) is 10.3 Å². The van der Waals surface area contributed by atoms with Crippen molar-refractivity contribution in [3.05, 3.63) is 33.1 Å². The number of benzene rings is 1. The van der Waals surface area contributed by atoms with Crippen LogP contribution in [-0.2, 0) is 4.79 Å². The van der Waals surface area contributed by atoms with Gasteiger partial charge in [-0.05, 0) is 36.8 Å². The zero-order chi connectivity index (χ0) is 13.1. The molecule has 0 bridgehead atoms. The van der Waals surface area contributed by atoms with Crippen molar-refractivity contribution in [3.8, 4) is 11.3 Å². The van der Waals surface area contributed by atoms with Gasteiger partial charge in [0.2, 0.25) is 5.91 Å². The average Bonchev–Trinajstić information content (AvgIpc) is 2.69. The number of H-pyrrole nitrogens is 1. The van der Waals surface area contributed by atoms with Gasteiger partial charge in [0.05, 0.1) is 5.69 Å². The number of aryl methyl sites for hydroxylation is 1. The highest BCUT2D eigenvalue weighted by Crippen LogP contribution is 2.26. The van der Waals surface area contributed by atoms with E-state index in [0.29, 0.717) is 6.42 Å². The van der Waals surface area contributed by atoms with E-state index in [-0.39, 0.29) is 5.91 Å². The number of carbonyl (C=O) groups excluding carboxylic acids is 1. The van der Waals surface area contributed by atoms with Gasteiger partial charge in [-0.25, -0.2) is 0 Å². The van der Waals surface area contributed by atoms with E-state index in [1.54, 1.807) is 11.3 Å². The van der Waals surface area contributed by atoms with Gasteiger partial charge < -0.3 is 10.3 Å².